The molecule has 2 aliphatic rings. The molecular formula is C19H23ClN4O. The van der Waals surface area contributed by atoms with Gasteiger partial charge in [-0.05, 0) is 18.4 Å². The van der Waals surface area contributed by atoms with Gasteiger partial charge in [0.05, 0.1) is 19.3 Å². The number of aromatic nitrogens is 2. The molecule has 0 spiro atoms. The van der Waals surface area contributed by atoms with Crippen molar-refractivity contribution in [3.8, 4) is 0 Å². The number of anilines is 1. The monoisotopic (exact) mass is 358 g/mol. The van der Waals surface area contributed by atoms with Gasteiger partial charge in [-0.1, -0.05) is 41.9 Å². The first kappa shape index (κ1) is 16.8. The third-order valence-corrected chi connectivity index (χ3v) is 5.00. The van der Waals surface area contributed by atoms with E-state index >= 15 is 0 Å². The summed E-state index contributed by atoms with van der Waals surface area (Å²) in [6.45, 7) is 4.24. The van der Waals surface area contributed by atoms with Crippen molar-refractivity contribution in [3.05, 3.63) is 52.9 Å². The van der Waals surface area contributed by atoms with Crippen molar-refractivity contribution in [3.63, 3.8) is 0 Å². The third kappa shape index (κ3) is 4.29. The predicted molar refractivity (Wildman–Crippen MR) is 99.1 cm³/mol. The fourth-order valence-electron chi connectivity index (χ4n) is 3.27. The van der Waals surface area contributed by atoms with Crippen LogP contribution in [0.15, 0.2) is 36.4 Å². The van der Waals surface area contributed by atoms with Gasteiger partial charge in [0.15, 0.2) is 0 Å². The molecule has 1 saturated carbocycles. The van der Waals surface area contributed by atoms with Gasteiger partial charge in [0.2, 0.25) is 0 Å². The lowest BCUT2D eigenvalue weighted by Gasteiger charge is -2.35. The van der Waals surface area contributed by atoms with Crippen LogP contribution in [0.25, 0.3) is 0 Å². The Kier molecular flexibility index (Phi) is 5.15. The Labute approximate surface area is 153 Å². The predicted octanol–water partition coefficient (Wildman–Crippen LogP) is 3.49. The quantitative estimate of drug-likeness (QED) is 0.801. The minimum absolute atomic E-state index is 0.281. The van der Waals surface area contributed by atoms with Crippen LogP contribution in [0.3, 0.4) is 0 Å². The minimum atomic E-state index is 0.281. The number of nitrogens with one attached hydrogen (secondary N) is 1. The fourth-order valence-corrected chi connectivity index (χ4v) is 3.46. The lowest BCUT2D eigenvalue weighted by atomic mass is 10.0. The zero-order valence-electron chi connectivity index (χ0n) is 14.2. The normalized spacial score (nSPS) is 19.6. The van der Waals surface area contributed by atoms with Crippen LogP contribution < -0.4 is 5.32 Å². The van der Waals surface area contributed by atoms with Gasteiger partial charge < -0.3 is 10.1 Å². The highest BCUT2D eigenvalue weighted by molar-refractivity contribution is 6.29. The molecular weight excluding hydrogens is 336 g/mol. The first-order chi connectivity index (χ1) is 12.3. The summed E-state index contributed by atoms with van der Waals surface area (Å²) in [5.74, 6) is 2.18. The van der Waals surface area contributed by atoms with Gasteiger partial charge >= 0.3 is 0 Å². The molecule has 2 aromatic rings. The molecule has 4 rings (SSSR count). The van der Waals surface area contributed by atoms with E-state index in [1.165, 1.54) is 18.4 Å². The van der Waals surface area contributed by atoms with Crippen LogP contribution in [-0.2, 0) is 4.74 Å². The molecule has 2 heterocycles. The largest absolute Gasteiger partial charge is 0.379 e. The highest BCUT2D eigenvalue weighted by atomic mass is 35.5. The van der Waals surface area contributed by atoms with Crippen LogP contribution in [-0.4, -0.2) is 47.7 Å². The van der Waals surface area contributed by atoms with Gasteiger partial charge in [0, 0.05) is 31.6 Å². The van der Waals surface area contributed by atoms with Crippen molar-refractivity contribution in [2.24, 2.45) is 0 Å². The Morgan fingerprint density at radius 3 is 2.64 bits per heavy atom. The van der Waals surface area contributed by atoms with Gasteiger partial charge in [-0.2, -0.15) is 0 Å². The van der Waals surface area contributed by atoms with E-state index in [9.17, 15) is 0 Å². The molecule has 1 aliphatic heterocycles. The summed E-state index contributed by atoms with van der Waals surface area (Å²) in [6.07, 6.45) is 2.33. The standard InChI is InChI=1S/C19H23ClN4O/c20-17-12-18(23-19(22-17)15-6-7-15)21-13-16(14-4-2-1-3-5-14)24-8-10-25-11-9-24/h1-5,12,15-16H,6-11,13H2,(H,21,22,23). The van der Waals surface area contributed by atoms with Gasteiger partial charge in [0.25, 0.3) is 0 Å². The summed E-state index contributed by atoms with van der Waals surface area (Å²) < 4.78 is 5.51. The molecule has 2 fully saturated rings. The number of halogens is 1. The van der Waals surface area contributed by atoms with E-state index in [0.717, 1.165) is 44.5 Å². The number of hydrogen-bond acceptors (Lipinski definition) is 5. The SMILES string of the molecule is Clc1cc(NCC(c2ccccc2)N2CCOCC2)nc(C2CC2)n1. The van der Waals surface area contributed by atoms with E-state index in [2.05, 4.69) is 50.5 Å². The minimum Gasteiger partial charge on any atom is -0.379 e. The zero-order valence-corrected chi connectivity index (χ0v) is 15.0. The molecule has 0 radical (unpaired) electrons. The number of hydrogen-bond donors (Lipinski definition) is 1. The van der Waals surface area contributed by atoms with Crippen molar-refractivity contribution in [1.82, 2.24) is 14.9 Å². The number of ether oxygens (including phenoxy) is 1. The Bertz CT molecular complexity index is 702. The van der Waals surface area contributed by atoms with Gasteiger partial charge in [-0.3, -0.25) is 4.90 Å². The van der Waals surface area contributed by atoms with E-state index in [0.29, 0.717) is 11.1 Å². The molecule has 0 bridgehead atoms. The van der Waals surface area contributed by atoms with Gasteiger partial charge in [0.1, 0.15) is 16.8 Å². The summed E-state index contributed by atoms with van der Waals surface area (Å²) in [4.78, 5) is 11.5. The number of nitrogens with zero attached hydrogens (tertiary/aromatic N) is 3. The van der Waals surface area contributed by atoms with Crippen LogP contribution in [0, 0.1) is 0 Å². The molecule has 25 heavy (non-hydrogen) atoms. The molecule has 1 aromatic heterocycles. The number of morpholine rings is 1. The Morgan fingerprint density at radius 1 is 1.16 bits per heavy atom. The summed E-state index contributed by atoms with van der Waals surface area (Å²) in [5.41, 5.74) is 1.31. The lowest BCUT2D eigenvalue weighted by molar-refractivity contribution is 0.0187. The van der Waals surface area contributed by atoms with Crippen LogP contribution in [0.5, 0.6) is 0 Å². The maximum absolute atomic E-state index is 6.18. The maximum atomic E-state index is 6.18. The summed E-state index contributed by atoms with van der Waals surface area (Å²) in [6, 6.07) is 12.7. The van der Waals surface area contributed by atoms with E-state index < -0.39 is 0 Å². The second-order valence-corrected chi connectivity index (χ2v) is 7.05. The van der Waals surface area contributed by atoms with Crippen LogP contribution >= 0.6 is 11.6 Å². The van der Waals surface area contributed by atoms with E-state index in [-0.39, 0.29) is 6.04 Å². The average Bonchev–Trinajstić information content (AvgIpc) is 3.49. The van der Waals surface area contributed by atoms with Gasteiger partial charge in [-0.15, -0.1) is 0 Å². The average molecular weight is 359 g/mol. The van der Waals surface area contributed by atoms with Crippen LogP contribution in [0.4, 0.5) is 5.82 Å². The Hall–Kier alpha value is -1.69. The highest BCUT2D eigenvalue weighted by Crippen LogP contribution is 2.38. The molecule has 1 aromatic carbocycles. The van der Waals surface area contributed by atoms with E-state index in [1.807, 2.05) is 6.07 Å². The van der Waals surface area contributed by atoms with E-state index in [4.69, 9.17) is 16.3 Å². The molecule has 1 N–H and O–H groups in total. The summed E-state index contributed by atoms with van der Waals surface area (Å²) in [7, 11) is 0. The van der Waals surface area contributed by atoms with Crippen molar-refractivity contribution in [1.29, 1.82) is 0 Å². The molecule has 0 amide bonds. The Morgan fingerprint density at radius 2 is 1.92 bits per heavy atom. The second-order valence-electron chi connectivity index (χ2n) is 6.66. The topological polar surface area (TPSA) is 50.3 Å². The Balaban J connectivity index is 1.50. The summed E-state index contributed by atoms with van der Waals surface area (Å²) >= 11 is 6.18. The zero-order chi connectivity index (χ0) is 17.1. The van der Waals surface area contributed by atoms with Crippen molar-refractivity contribution >= 4 is 17.4 Å². The molecule has 6 heteroatoms. The second kappa shape index (κ2) is 7.68. The third-order valence-electron chi connectivity index (χ3n) is 4.80. The smallest absolute Gasteiger partial charge is 0.135 e. The van der Waals surface area contributed by atoms with Crippen molar-refractivity contribution in [2.45, 2.75) is 24.8 Å². The first-order valence-electron chi connectivity index (χ1n) is 8.95. The number of rotatable bonds is 6. The molecule has 132 valence electrons. The van der Waals surface area contributed by atoms with Gasteiger partial charge in [-0.25, -0.2) is 9.97 Å². The molecule has 1 atom stereocenters. The molecule has 5 nitrogen and oxygen atoms in total. The molecule has 1 aliphatic carbocycles. The van der Waals surface area contributed by atoms with Crippen molar-refractivity contribution < 1.29 is 4.74 Å². The van der Waals surface area contributed by atoms with E-state index in [1.54, 1.807) is 0 Å². The van der Waals surface area contributed by atoms with Crippen LogP contribution in [0.1, 0.15) is 36.2 Å². The van der Waals surface area contributed by atoms with Crippen molar-refractivity contribution in [2.75, 3.05) is 38.2 Å². The van der Waals surface area contributed by atoms with Crippen LogP contribution in [0.2, 0.25) is 5.15 Å². The molecule has 1 unspecified atom stereocenters. The molecule has 1 saturated heterocycles. The highest BCUT2D eigenvalue weighted by Gasteiger charge is 2.27. The first-order valence-corrected chi connectivity index (χ1v) is 9.32. The summed E-state index contributed by atoms with van der Waals surface area (Å²) in [5, 5.41) is 4.00. The fraction of sp³-hybridized carbons (Fsp3) is 0.474. The lowest BCUT2D eigenvalue weighted by Crippen LogP contribution is -2.41. The number of benzene rings is 1. The maximum Gasteiger partial charge on any atom is 0.135 e.